The number of Topliss-reactive ketones (excluding diaryl/α,β-unsaturated/α-hetero) is 10. The van der Waals surface area contributed by atoms with Crippen molar-refractivity contribution in [3.63, 3.8) is 0 Å². The summed E-state index contributed by atoms with van der Waals surface area (Å²) >= 11 is 0. The lowest BCUT2D eigenvalue weighted by atomic mass is 9.94. The van der Waals surface area contributed by atoms with Crippen LogP contribution in [0.2, 0.25) is 0 Å². The molecule has 10 rings (SSSR count). The third-order valence-corrected chi connectivity index (χ3v) is 19.2. The fourth-order valence-corrected chi connectivity index (χ4v) is 12.2. The minimum Gasteiger partial charge on any atom is -0.361 e. The monoisotopic (exact) mass is 1290 g/mol. The highest BCUT2D eigenvalue weighted by Gasteiger charge is 2.78. The number of ketones is 10. The van der Waals surface area contributed by atoms with E-state index in [4.69, 9.17) is 71.1 Å². The molecule has 0 bridgehead atoms. The minimum absolute atomic E-state index is 0.0747. The van der Waals surface area contributed by atoms with Crippen LogP contribution in [0.25, 0.3) is 0 Å². The molecular formula is C60H90O30. The van der Waals surface area contributed by atoms with Crippen molar-refractivity contribution in [1.29, 1.82) is 0 Å². The molecule has 30 heteroatoms. The van der Waals surface area contributed by atoms with Gasteiger partial charge >= 0.3 is 0 Å². The van der Waals surface area contributed by atoms with E-state index in [-0.39, 0.29) is 89.9 Å². The first kappa shape index (κ1) is 74.9. The van der Waals surface area contributed by atoms with E-state index in [1.165, 1.54) is 138 Å². The molecule has 10 saturated heterocycles. The Morgan fingerprint density at radius 2 is 0.311 bits per heavy atom. The first-order valence-electron chi connectivity index (χ1n) is 29.1. The summed E-state index contributed by atoms with van der Waals surface area (Å²) in [5, 5.41) is 52.4. The van der Waals surface area contributed by atoms with Crippen LogP contribution in [0.3, 0.4) is 0 Å². The maximum atomic E-state index is 11.6. The maximum Gasteiger partial charge on any atom is 0.231 e. The van der Waals surface area contributed by atoms with Crippen LogP contribution in [0.15, 0.2) is 0 Å². The van der Waals surface area contributed by atoms with Crippen LogP contribution in [-0.4, -0.2) is 198 Å². The van der Waals surface area contributed by atoms with Crippen molar-refractivity contribution in [2.45, 2.75) is 320 Å². The Bertz CT molecular complexity index is 2340. The number of carbonyl (C=O) groups is 10. The van der Waals surface area contributed by atoms with Crippen molar-refractivity contribution in [3.05, 3.63) is 0 Å². The summed E-state index contributed by atoms with van der Waals surface area (Å²) in [7, 11) is 0. The largest absolute Gasteiger partial charge is 0.361 e. The Kier molecular flexibility index (Phi) is 18.1. The lowest BCUT2D eigenvalue weighted by Gasteiger charge is -2.29. The van der Waals surface area contributed by atoms with Gasteiger partial charge in [0.15, 0.2) is 57.8 Å². The highest BCUT2D eigenvalue weighted by atomic mass is 16.9. The molecule has 510 valence electrons. The zero-order chi connectivity index (χ0) is 69.9. The molecule has 0 unspecified atom stereocenters. The number of fused-ring (bicyclic) bond motifs is 5. The quantitative estimate of drug-likeness (QED) is 0.210. The van der Waals surface area contributed by atoms with Crippen molar-refractivity contribution in [2.75, 3.05) is 0 Å². The van der Waals surface area contributed by atoms with Crippen molar-refractivity contribution in [2.24, 2.45) is 0 Å². The van der Waals surface area contributed by atoms with Crippen LogP contribution in [0.5, 0.6) is 0 Å². The van der Waals surface area contributed by atoms with Gasteiger partial charge in [-0.25, -0.2) is 0 Å². The van der Waals surface area contributed by atoms with Crippen molar-refractivity contribution in [1.82, 2.24) is 0 Å². The van der Waals surface area contributed by atoms with Gasteiger partial charge in [-0.3, -0.25) is 47.9 Å². The van der Waals surface area contributed by atoms with E-state index in [0.29, 0.717) is 0 Å². The normalized spacial score (nSPS) is 51.2. The van der Waals surface area contributed by atoms with Crippen LogP contribution >= 0.6 is 0 Å². The lowest BCUT2D eigenvalue weighted by Crippen LogP contribution is -2.45. The molecule has 0 aromatic rings. The molecule has 30 nitrogen and oxygen atoms in total. The fraction of sp³-hybridized carbons (Fsp3) is 0.833. The van der Waals surface area contributed by atoms with Gasteiger partial charge in [-0.2, -0.15) is 0 Å². The predicted molar refractivity (Wildman–Crippen MR) is 297 cm³/mol. The molecule has 0 aromatic heterocycles. The van der Waals surface area contributed by atoms with Crippen molar-refractivity contribution >= 4 is 57.8 Å². The first-order valence-corrected chi connectivity index (χ1v) is 29.1. The standard InChI is InChI=1S/5C12H18O6/c5*1-7(13)9(3)6-12(15)11(5,16-9)17-10(4,18-12)8(2)14/h5*15H,6H2,1-5H3/t2*9-,10+,11-,12+;2*9-,10-,11+,12+;9-,10-,11-,12+/m10100/s1. The van der Waals surface area contributed by atoms with Gasteiger partial charge in [-0.15, -0.1) is 0 Å². The van der Waals surface area contributed by atoms with Crippen molar-refractivity contribution < 1.29 is 145 Å². The molecule has 0 amide bonds. The van der Waals surface area contributed by atoms with Gasteiger partial charge in [-0.1, -0.05) is 0 Å². The molecule has 10 fully saturated rings. The van der Waals surface area contributed by atoms with Gasteiger partial charge in [-0.05, 0) is 138 Å². The molecule has 10 aliphatic heterocycles. The molecule has 0 radical (unpaired) electrons. The summed E-state index contributed by atoms with van der Waals surface area (Å²) in [5.41, 5.74) is -5.89. The number of rotatable bonds is 10. The second-order valence-electron chi connectivity index (χ2n) is 27.5. The third-order valence-electron chi connectivity index (χ3n) is 19.2. The molecule has 5 N–H and O–H groups in total. The number of hydrogen-bond donors (Lipinski definition) is 5. The summed E-state index contributed by atoms with van der Waals surface area (Å²) < 4.78 is 82.1. The van der Waals surface area contributed by atoms with Gasteiger partial charge < -0.3 is 96.6 Å². The zero-order valence-corrected chi connectivity index (χ0v) is 56.0. The topological polar surface area (TPSA) is 410 Å². The van der Waals surface area contributed by atoms with Gasteiger partial charge in [0.2, 0.25) is 86.8 Å². The van der Waals surface area contributed by atoms with E-state index in [2.05, 4.69) is 0 Å². The summed E-state index contributed by atoms with van der Waals surface area (Å²) in [6.07, 6.45) is -0.373. The third kappa shape index (κ3) is 11.8. The Hall–Kier alpha value is -4.10. The Labute approximate surface area is 521 Å². The molecule has 10 heterocycles. The molecule has 0 aromatic carbocycles. The van der Waals surface area contributed by atoms with Crippen LogP contribution in [0.4, 0.5) is 0 Å². The number of aliphatic hydroxyl groups is 5. The summed E-state index contributed by atoms with van der Waals surface area (Å²) in [6, 6.07) is 0. The van der Waals surface area contributed by atoms with Crippen LogP contribution in [-0.2, 0) is 119 Å². The molecule has 20 atom stereocenters. The summed E-state index contributed by atoms with van der Waals surface area (Å²) in [4.78, 5) is 115. The second kappa shape index (κ2) is 21.7. The maximum absolute atomic E-state index is 11.6. The second-order valence-corrected chi connectivity index (χ2v) is 27.5. The smallest absolute Gasteiger partial charge is 0.231 e. The fourth-order valence-electron chi connectivity index (χ4n) is 12.2. The van der Waals surface area contributed by atoms with E-state index < -0.39 is 115 Å². The Morgan fingerprint density at radius 3 is 0.389 bits per heavy atom. The highest BCUT2D eigenvalue weighted by Crippen LogP contribution is 2.60. The summed E-state index contributed by atoms with van der Waals surface area (Å²) in [6.45, 7) is 35.7. The Morgan fingerprint density at radius 1 is 0.200 bits per heavy atom. The molecular weight excluding hydrogens is 1200 g/mol. The molecule has 0 aliphatic carbocycles. The lowest BCUT2D eigenvalue weighted by molar-refractivity contribution is -0.271. The molecule has 90 heavy (non-hydrogen) atoms. The number of hydrogen-bond acceptors (Lipinski definition) is 30. The molecule has 10 aliphatic rings. The van der Waals surface area contributed by atoms with E-state index in [1.54, 1.807) is 34.6 Å². The predicted octanol–water partition coefficient (Wildman–Crippen LogP) is 2.56. The van der Waals surface area contributed by atoms with Crippen molar-refractivity contribution in [3.8, 4) is 0 Å². The van der Waals surface area contributed by atoms with E-state index in [9.17, 15) is 73.5 Å². The highest BCUT2D eigenvalue weighted by molar-refractivity contribution is 5.89. The zero-order valence-electron chi connectivity index (χ0n) is 56.0. The van der Waals surface area contributed by atoms with Crippen LogP contribution in [0, 0.1) is 0 Å². The van der Waals surface area contributed by atoms with Gasteiger partial charge in [0, 0.05) is 66.7 Å². The average molecular weight is 1290 g/mol. The molecule has 0 spiro atoms. The first-order chi connectivity index (χ1) is 39.8. The van der Waals surface area contributed by atoms with E-state index in [1.807, 2.05) is 0 Å². The average Bonchev–Trinajstić information content (AvgIpc) is 4.13. The summed E-state index contributed by atoms with van der Waals surface area (Å²) in [5.74, 6) is -27.5. The Balaban J connectivity index is 0.000000179. The van der Waals surface area contributed by atoms with Gasteiger partial charge in [0.1, 0.15) is 28.0 Å². The van der Waals surface area contributed by atoms with Crippen LogP contribution < -0.4 is 0 Å². The van der Waals surface area contributed by atoms with E-state index >= 15 is 0 Å². The van der Waals surface area contributed by atoms with Gasteiger partial charge in [0.25, 0.3) is 0 Å². The minimum atomic E-state index is -1.81. The van der Waals surface area contributed by atoms with Gasteiger partial charge in [0.05, 0.1) is 0 Å². The van der Waals surface area contributed by atoms with Crippen LogP contribution in [0.1, 0.15) is 205 Å². The molecule has 0 saturated carbocycles. The SMILES string of the molecule is CC(=O)[C@@]1(C)O[C@@]2(C)O[C@@](C)(C(C)=O)C[C@]2(O)O1.CC(=O)[C@@]1(C)O[C@@]2(C)O[C@](C)(C(C)=O)C[C@@]2(O)O1.CC(=O)[C@@]1(C)O[C@]2(C)O[C@](C)(C(C)=O)C[C@@]2(O)O1.CC(=O)[C@]1(C)O[C@]2(C)O[C@@](C)(C(C)=O)C[C@]2(O)O1.CC(=O)[C@]1(C)O[C@]2(C)O[C@](C)(C(C)=O)C[C@@]2(O)O1. The number of ether oxygens (including phenoxy) is 15. The van der Waals surface area contributed by atoms with E-state index in [0.717, 1.165) is 0 Å². The number of carbonyl (C=O) groups excluding carboxylic acids is 10.